The zero-order valence-corrected chi connectivity index (χ0v) is 14.4. The van der Waals surface area contributed by atoms with Gasteiger partial charge in [-0.05, 0) is 42.7 Å². The number of hydrogen-bond donors (Lipinski definition) is 2. The molecule has 130 valence electrons. The summed E-state index contributed by atoms with van der Waals surface area (Å²) in [6.07, 6.45) is 1.15. The summed E-state index contributed by atoms with van der Waals surface area (Å²) in [5.41, 5.74) is 1.17. The van der Waals surface area contributed by atoms with Crippen molar-refractivity contribution in [2.24, 2.45) is 0 Å². The van der Waals surface area contributed by atoms with Gasteiger partial charge in [0.15, 0.2) is 6.61 Å². The lowest BCUT2D eigenvalue weighted by molar-refractivity contribution is -0.123. The van der Waals surface area contributed by atoms with Gasteiger partial charge in [-0.1, -0.05) is 26.0 Å². The van der Waals surface area contributed by atoms with Crippen LogP contribution < -0.4 is 10.1 Å². The van der Waals surface area contributed by atoms with Gasteiger partial charge in [0.2, 0.25) is 0 Å². The highest BCUT2D eigenvalue weighted by Gasteiger charge is 2.16. The lowest BCUT2D eigenvalue weighted by Gasteiger charge is -2.17. The minimum Gasteiger partial charge on any atom is -0.484 e. The van der Waals surface area contributed by atoms with Gasteiger partial charge in [-0.15, -0.1) is 0 Å². The molecule has 0 bridgehead atoms. The van der Waals surface area contributed by atoms with E-state index in [1.807, 2.05) is 31.2 Å². The molecule has 24 heavy (non-hydrogen) atoms. The molecule has 0 fully saturated rings. The van der Waals surface area contributed by atoms with Crippen molar-refractivity contribution in [2.45, 2.75) is 45.3 Å². The van der Waals surface area contributed by atoms with Gasteiger partial charge < -0.3 is 19.6 Å². The Hall–Kier alpha value is -2.27. The first kappa shape index (κ1) is 18.1. The first-order valence-corrected chi connectivity index (χ1v) is 8.19. The van der Waals surface area contributed by atoms with Crippen LogP contribution in [-0.4, -0.2) is 23.7 Å². The third kappa shape index (κ3) is 5.42. The molecule has 1 aromatic carbocycles. The number of amides is 1. The maximum absolute atomic E-state index is 12.0. The normalized spacial score (nSPS) is 13.5. The Morgan fingerprint density at radius 1 is 1.25 bits per heavy atom. The summed E-state index contributed by atoms with van der Waals surface area (Å²) in [5.74, 6) is 1.37. The smallest absolute Gasteiger partial charge is 0.258 e. The monoisotopic (exact) mass is 331 g/mol. The van der Waals surface area contributed by atoms with Crippen molar-refractivity contribution < 1.29 is 19.1 Å². The van der Waals surface area contributed by atoms with Crippen molar-refractivity contribution in [3.8, 4) is 5.75 Å². The fourth-order valence-electron chi connectivity index (χ4n) is 2.42. The van der Waals surface area contributed by atoms with E-state index in [-0.39, 0.29) is 18.6 Å². The summed E-state index contributed by atoms with van der Waals surface area (Å²) in [6.45, 7) is 6.00. The quantitative estimate of drug-likeness (QED) is 0.777. The van der Waals surface area contributed by atoms with Crippen LogP contribution in [0.25, 0.3) is 0 Å². The third-order valence-electron chi connectivity index (χ3n) is 3.75. The minimum absolute atomic E-state index is 0.0528. The van der Waals surface area contributed by atoms with Crippen LogP contribution >= 0.6 is 0 Å². The Balaban J connectivity index is 1.77. The Bertz CT molecular complexity index is 637. The van der Waals surface area contributed by atoms with E-state index in [0.717, 1.165) is 0 Å². The molecule has 2 rings (SSSR count). The number of benzene rings is 1. The van der Waals surface area contributed by atoms with Crippen LogP contribution in [0.3, 0.4) is 0 Å². The van der Waals surface area contributed by atoms with Crippen molar-refractivity contribution in [2.75, 3.05) is 6.61 Å². The molecule has 2 aromatic rings. The second-order valence-electron chi connectivity index (χ2n) is 6.25. The average molecular weight is 331 g/mol. The van der Waals surface area contributed by atoms with Crippen LogP contribution in [0.4, 0.5) is 0 Å². The van der Waals surface area contributed by atoms with Gasteiger partial charge in [0, 0.05) is 12.5 Å². The Morgan fingerprint density at radius 3 is 2.71 bits per heavy atom. The molecular formula is C19H25NO4. The van der Waals surface area contributed by atoms with Gasteiger partial charge in [0.1, 0.15) is 17.6 Å². The maximum Gasteiger partial charge on any atom is 0.258 e. The van der Waals surface area contributed by atoms with Crippen LogP contribution in [-0.2, 0) is 4.79 Å². The molecule has 2 atom stereocenters. The van der Waals surface area contributed by atoms with E-state index in [4.69, 9.17) is 9.15 Å². The molecular weight excluding hydrogens is 306 g/mol. The van der Waals surface area contributed by atoms with Crippen LogP contribution in [0.1, 0.15) is 50.5 Å². The van der Waals surface area contributed by atoms with Crippen LogP contribution in [0.5, 0.6) is 5.75 Å². The lowest BCUT2D eigenvalue weighted by atomic mass is 10.0. The van der Waals surface area contributed by atoms with Crippen LogP contribution in [0.15, 0.2) is 47.1 Å². The number of carbonyl (C=O) groups is 1. The first-order valence-electron chi connectivity index (χ1n) is 8.19. The van der Waals surface area contributed by atoms with Gasteiger partial charge in [-0.3, -0.25) is 4.79 Å². The van der Waals surface area contributed by atoms with Crippen LogP contribution in [0, 0.1) is 0 Å². The molecule has 0 spiro atoms. The summed E-state index contributed by atoms with van der Waals surface area (Å²) in [7, 11) is 0. The fraction of sp³-hybridized carbons (Fsp3) is 0.421. The summed E-state index contributed by atoms with van der Waals surface area (Å²) in [4.78, 5) is 12.0. The molecule has 0 saturated carbocycles. The number of ether oxygens (including phenoxy) is 1. The molecule has 5 heteroatoms. The van der Waals surface area contributed by atoms with Gasteiger partial charge >= 0.3 is 0 Å². The zero-order chi connectivity index (χ0) is 17.5. The van der Waals surface area contributed by atoms with E-state index in [1.165, 1.54) is 11.8 Å². The molecule has 1 amide bonds. The SMILES string of the molecule is CC(CC(O)c1ccco1)NC(=O)COc1cccc(C(C)C)c1. The Morgan fingerprint density at radius 2 is 2.04 bits per heavy atom. The Kier molecular flexibility index (Phi) is 6.44. The van der Waals surface area contributed by atoms with E-state index in [1.54, 1.807) is 12.1 Å². The van der Waals surface area contributed by atoms with E-state index in [0.29, 0.717) is 23.8 Å². The first-order chi connectivity index (χ1) is 11.5. The molecule has 1 heterocycles. The second-order valence-corrected chi connectivity index (χ2v) is 6.25. The molecule has 1 aromatic heterocycles. The molecule has 5 nitrogen and oxygen atoms in total. The van der Waals surface area contributed by atoms with Gasteiger partial charge in [0.05, 0.1) is 6.26 Å². The van der Waals surface area contributed by atoms with Crippen molar-refractivity contribution in [3.05, 3.63) is 54.0 Å². The van der Waals surface area contributed by atoms with Crippen molar-refractivity contribution in [1.82, 2.24) is 5.32 Å². The van der Waals surface area contributed by atoms with E-state index < -0.39 is 6.10 Å². The van der Waals surface area contributed by atoms with Crippen molar-refractivity contribution >= 4 is 5.91 Å². The molecule has 0 saturated heterocycles. The number of furan rings is 1. The lowest BCUT2D eigenvalue weighted by Crippen LogP contribution is -2.37. The molecule has 0 radical (unpaired) electrons. The topological polar surface area (TPSA) is 71.7 Å². The largest absolute Gasteiger partial charge is 0.484 e. The highest BCUT2D eigenvalue weighted by Crippen LogP contribution is 2.20. The van der Waals surface area contributed by atoms with Gasteiger partial charge in [-0.2, -0.15) is 0 Å². The zero-order valence-electron chi connectivity index (χ0n) is 14.4. The highest BCUT2D eigenvalue weighted by atomic mass is 16.5. The molecule has 2 unspecified atom stereocenters. The number of aliphatic hydroxyl groups is 1. The number of rotatable bonds is 8. The molecule has 2 N–H and O–H groups in total. The molecule has 0 aliphatic carbocycles. The number of nitrogens with one attached hydrogen (secondary N) is 1. The summed E-state index contributed by atoms with van der Waals surface area (Å²) >= 11 is 0. The average Bonchev–Trinajstić information content (AvgIpc) is 3.07. The maximum atomic E-state index is 12.0. The number of hydrogen-bond acceptors (Lipinski definition) is 4. The van der Waals surface area contributed by atoms with E-state index in [9.17, 15) is 9.90 Å². The van der Waals surface area contributed by atoms with E-state index >= 15 is 0 Å². The minimum atomic E-state index is -0.737. The predicted octanol–water partition coefficient (Wildman–Crippen LogP) is 3.41. The summed E-state index contributed by atoms with van der Waals surface area (Å²) in [6, 6.07) is 11.0. The van der Waals surface area contributed by atoms with Crippen molar-refractivity contribution in [3.63, 3.8) is 0 Å². The molecule has 0 aliphatic rings. The fourth-order valence-corrected chi connectivity index (χ4v) is 2.42. The summed E-state index contributed by atoms with van der Waals surface area (Å²) in [5, 5.41) is 12.8. The Labute approximate surface area is 142 Å². The number of carbonyl (C=O) groups excluding carboxylic acids is 1. The standard InChI is InChI=1S/C19H25NO4/c1-13(2)15-6-4-7-16(11-15)24-12-19(22)20-14(3)10-17(21)18-8-5-9-23-18/h4-9,11,13-14,17,21H,10,12H2,1-3H3,(H,20,22). The number of aliphatic hydroxyl groups excluding tert-OH is 1. The predicted molar refractivity (Wildman–Crippen MR) is 91.9 cm³/mol. The highest BCUT2D eigenvalue weighted by molar-refractivity contribution is 5.77. The summed E-state index contributed by atoms with van der Waals surface area (Å²) < 4.78 is 10.7. The van der Waals surface area contributed by atoms with Crippen LogP contribution in [0.2, 0.25) is 0 Å². The van der Waals surface area contributed by atoms with E-state index in [2.05, 4.69) is 19.2 Å². The third-order valence-corrected chi connectivity index (χ3v) is 3.75. The van der Waals surface area contributed by atoms with Gasteiger partial charge in [0.25, 0.3) is 5.91 Å². The van der Waals surface area contributed by atoms with Crippen molar-refractivity contribution in [1.29, 1.82) is 0 Å². The van der Waals surface area contributed by atoms with Gasteiger partial charge in [-0.25, -0.2) is 0 Å². The second kappa shape index (κ2) is 8.55. The molecule has 0 aliphatic heterocycles.